The molecular weight excluding hydrogens is 359 g/mol. The average molecular weight is 378 g/mol. The Bertz CT molecular complexity index is 620. The van der Waals surface area contributed by atoms with Gasteiger partial charge in [0.25, 0.3) is 0 Å². The molecule has 1 aliphatic rings. The molecule has 2 rings (SSSR count). The van der Waals surface area contributed by atoms with Crippen LogP contribution in [0, 0.1) is 11.8 Å². The minimum atomic E-state index is -0.253. The second kappa shape index (κ2) is 7.73. The number of anilines is 1. The van der Waals surface area contributed by atoms with Gasteiger partial charge >= 0.3 is 0 Å². The highest BCUT2D eigenvalue weighted by Crippen LogP contribution is 2.33. The molecule has 1 heterocycles. The summed E-state index contributed by atoms with van der Waals surface area (Å²) in [5, 5.41) is 3.78. The lowest BCUT2D eigenvalue weighted by molar-refractivity contribution is -0.137. The number of halogens is 3. The minimum absolute atomic E-state index is 0.0682. The highest BCUT2D eigenvalue weighted by atomic mass is 35.5. The molecule has 0 saturated carbocycles. The summed E-state index contributed by atoms with van der Waals surface area (Å²) < 4.78 is 0. The molecule has 0 radical (unpaired) electrons. The smallest absolute Gasteiger partial charge is 0.229 e. The summed E-state index contributed by atoms with van der Waals surface area (Å²) >= 11 is 17.9. The van der Waals surface area contributed by atoms with Crippen molar-refractivity contribution >= 4 is 52.3 Å². The maximum atomic E-state index is 12.5. The van der Waals surface area contributed by atoms with Crippen LogP contribution in [0.2, 0.25) is 15.1 Å². The Labute approximate surface area is 151 Å². The van der Waals surface area contributed by atoms with Gasteiger partial charge in [-0.1, -0.05) is 48.7 Å². The standard InChI is InChI=1S/C16H19Cl3N2O2/c1-9(2)16(23)21-5-3-4-10(8-21)15(22)20-14-7-12(18)11(17)6-13(14)19/h6-7,9-10H,3-5,8H2,1-2H3,(H,20,22)/t10-/m1/s1. The predicted octanol–water partition coefficient (Wildman–Crippen LogP) is 4.48. The highest BCUT2D eigenvalue weighted by Gasteiger charge is 2.29. The Morgan fingerprint density at radius 3 is 2.48 bits per heavy atom. The summed E-state index contributed by atoms with van der Waals surface area (Å²) in [6.45, 7) is 4.86. The summed E-state index contributed by atoms with van der Waals surface area (Å²) in [4.78, 5) is 26.3. The first-order valence-electron chi connectivity index (χ1n) is 7.53. The average Bonchev–Trinajstić information content (AvgIpc) is 2.51. The van der Waals surface area contributed by atoms with Crippen molar-refractivity contribution in [3.05, 3.63) is 27.2 Å². The van der Waals surface area contributed by atoms with E-state index in [0.29, 0.717) is 33.8 Å². The third kappa shape index (κ3) is 4.52. The van der Waals surface area contributed by atoms with E-state index in [2.05, 4.69) is 5.32 Å². The second-order valence-electron chi connectivity index (χ2n) is 6.01. The summed E-state index contributed by atoms with van der Waals surface area (Å²) in [6, 6.07) is 3.03. The Hall–Kier alpha value is -0.970. The van der Waals surface area contributed by atoms with Crippen LogP contribution < -0.4 is 5.32 Å². The molecule has 2 amide bonds. The van der Waals surface area contributed by atoms with Gasteiger partial charge in [-0.15, -0.1) is 0 Å². The van der Waals surface area contributed by atoms with Gasteiger partial charge in [-0.25, -0.2) is 0 Å². The molecule has 1 aliphatic heterocycles. The second-order valence-corrected chi connectivity index (χ2v) is 7.24. The molecule has 1 aromatic carbocycles. The lowest BCUT2D eigenvalue weighted by Crippen LogP contribution is -2.45. The number of carbonyl (C=O) groups excluding carboxylic acids is 2. The van der Waals surface area contributed by atoms with Gasteiger partial charge in [0, 0.05) is 19.0 Å². The topological polar surface area (TPSA) is 49.4 Å². The van der Waals surface area contributed by atoms with Crippen molar-refractivity contribution < 1.29 is 9.59 Å². The van der Waals surface area contributed by atoms with Crippen molar-refractivity contribution in [1.82, 2.24) is 4.90 Å². The number of nitrogens with one attached hydrogen (secondary N) is 1. The molecule has 0 spiro atoms. The molecule has 23 heavy (non-hydrogen) atoms. The fourth-order valence-electron chi connectivity index (χ4n) is 2.61. The Balaban J connectivity index is 2.06. The number of piperidine rings is 1. The van der Waals surface area contributed by atoms with E-state index in [1.807, 2.05) is 13.8 Å². The molecule has 0 aromatic heterocycles. The van der Waals surface area contributed by atoms with Gasteiger partial charge in [0.05, 0.1) is 26.7 Å². The molecule has 1 N–H and O–H groups in total. The van der Waals surface area contributed by atoms with Gasteiger partial charge in [-0.2, -0.15) is 0 Å². The van der Waals surface area contributed by atoms with Gasteiger partial charge in [0.2, 0.25) is 11.8 Å². The molecule has 0 bridgehead atoms. The van der Waals surface area contributed by atoms with Gasteiger partial charge in [-0.05, 0) is 25.0 Å². The van der Waals surface area contributed by atoms with Crippen molar-refractivity contribution in [2.24, 2.45) is 11.8 Å². The van der Waals surface area contributed by atoms with E-state index in [0.717, 1.165) is 12.8 Å². The number of benzene rings is 1. The molecular formula is C16H19Cl3N2O2. The van der Waals surface area contributed by atoms with Crippen LogP contribution in [0.4, 0.5) is 5.69 Å². The Kier molecular flexibility index (Phi) is 6.18. The van der Waals surface area contributed by atoms with Gasteiger partial charge in [0.1, 0.15) is 0 Å². The number of nitrogens with zero attached hydrogens (tertiary/aromatic N) is 1. The van der Waals surface area contributed by atoms with Crippen molar-refractivity contribution in [3.63, 3.8) is 0 Å². The molecule has 1 saturated heterocycles. The van der Waals surface area contributed by atoms with Crippen LogP contribution >= 0.6 is 34.8 Å². The van der Waals surface area contributed by atoms with Crippen LogP contribution in [-0.4, -0.2) is 29.8 Å². The number of amides is 2. The van der Waals surface area contributed by atoms with Crippen LogP contribution in [0.5, 0.6) is 0 Å². The minimum Gasteiger partial charge on any atom is -0.342 e. The fraction of sp³-hybridized carbons (Fsp3) is 0.500. The van der Waals surface area contributed by atoms with Gasteiger partial charge < -0.3 is 10.2 Å². The third-order valence-corrected chi connectivity index (χ3v) is 4.90. The van der Waals surface area contributed by atoms with E-state index >= 15 is 0 Å². The van der Waals surface area contributed by atoms with Gasteiger partial charge in [0.15, 0.2) is 0 Å². The molecule has 1 fully saturated rings. The zero-order valence-electron chi connectivity index (χ0n) is 13.0. The van der Waals surface area contributed by atoms with Crippen LogP contribution in [0.25, 0.3) is 0 Å². The van der Waals surface area contributed by atoms with E-state index in [-0.39, 0.29) is 23.7 Å². The SMILES string of the molecule is CC(C)C(=O)N1CCC[C@@H](C(=O)Nc2cc(Cl)c(Cl)cc2Cl)C1. The van der Waals surface area contributed by atoms with Crippen LogP contribution in [-0.2, 0) is 9.59 Å². The monoisotopic (exact) mass is 376 g/mol. The fourth-order valence-corrected chi connectivity index (χ4v) is 3.20. The zero-order chi connectivity index (χ0) is 17.1. The largest absolute Gasteiger partial charge is 0.342 e. The summed E-state index contributed by atoms with van der Waals surface area (Å²) in [5.74, 6) is -0.403. The predicted molar refractivity (Wildman–Crippen MR) is 94.2 cm³/mol. The van der Waals surface area contributed by atoms with Gasteiger partial charge in [-0.3, -0.25) is 9.59 Å². The maximum Gasteiger partial charge on any atom is 0.229 e. The normalized spacial score (nSPS) is 18.2. The van der Waals surface area contributed by atoms with E-state index in [4.69, 9.17) is 34.8 Å². The third-order valence-electron chi connectivity index (χ3n) is 3.87. The lowest BCUT2D eigenvalue weighted by Gasteiger charge is -2.33. The van der Waals surface area contributed by atoms with E-state index in [9.17, 15) is 9.59 Å². The summed E-state index contributed by atoms with van der Waals surface area (Å²) in [6.07, 6.45) is 1.55. The number of hydrogen-bond donors (Lipinski definition) is 1. The molecule has 1 atom stereocenters. The van der Waals surface area contributed by atoms with Crippen molar-refractivity contribution in [2.75, 3.05) is 18.4 Å². The number of likely N-dealkylation sites (tertiary alicyclic amines) is 1. The van der Waals surface area contributed by atoms with Crippen LogP contribution in [0.1, 0.15) is 26.7 Å². The highest BCUT2D eigenvalue weighted by molar-refractivity contribution is 6.44. The Morgan fingerprint density at radius 1 is 1.17 bits per heavy atom. The molecule has 4 nitrogen and oxygen atoms in total. The van der Waals surface area contributed by atoms with Crippen molar-refractivity contribution in [1.29, 1.82) is 0 Å². The molecule has 126 valence electrons. The van der Waals surface area contributed by atoms with E-state index in [1.54, 1.807) is 4.90 Å². The summed E-state index contributed by atoms with van der Waals surface area (Å²) in [5.41, 5.74) is 0.429. The maximum absolute atomic E-state index is 12.5. The number of carbonyl (C=O) groups is 2. The van der Waals surface area contributed by atoms with E-state index < -0.39 is 0 Å². The molecule has 0 aliphatic carbocycles. The van der Waals surface area contributed by atoms with E-state index in [1.165, 1.54) is 12.1 Å². The first-order valence-corrected chi connectivity index (χ1v) is 8.67. The molecule has 7 heteroatoms. The number of hydrogen-bond acceptors (Lipinski definition) is 2. The molecule has 1 aromatic rings. The molecule has 0 unspecified atom stereocenters. The zero-order valence-corrected chi connectivity index (χ0v) is 15.3. The Morgan fingerprint density at radius 2 is 1.83 bits per heavy atom. The number of rotatable bonds is 3. The first-order chi connectivity index (χ1) is 10.8. The van der Waals surface area contributed by atoms with Crippen LogP contribution in [0.15, 0.2) is 12.1 Å². The van der Waals surface area contributed by atoms with Crippen LogP contribution in [0.3, 0.4) is 0 Å². The quantitative estimate of drug-likeness (QED) is 0.790. The van der Waals surface area contributed by atoms with Crippen molar-refractivity contribution in [3.8, 4) is 0 Å². The lowest BCUT2D eigenvalue weighted by atomic mass is 9.96. The van der Waals surface area contributed by atoms with Crippen molar-refractivity contribution in [2.45, 2.75) is 26.7 Å². The first kappa shape index (κ1) is 18.4. The summed E-state index contributed by atoms with van der Waals surface area (Å²) in [7, 11) is 0.